The molecule has 0 bridgehead atoms. The van der Waals surface area contributed by atoms with Gasteiger partial charge in [0.25, 0.3) is 0 Å². The quantitative estimate of drug-likeness (QED) is 0.113. The van der Waals surface area contributed by atoms with Gasteiger partial charge in [-0.3, -0.25) is 9.80 Å². The first-order valence-corrected chi connectivity index (χ1v) is 24.5. The molecule has 2 N–H and O–H groups in total. The van der Waals surface area contributed by atoms with Crippen molar-refractivity contribution in [2.45, 2.75) is 156 Å². The summed E-state index contributed by atoms with van der Waals surface area (Å²) < 4.78 is 11.4. The molecule has 8 heteroatoms. The molecular weight excluding hydrogens is 817 g/mol. The SMILES string of the molecule is CC(C)(C)OC(=O)N1C/C(=C(\CCc2ccccc2)CCN(Cc2ccccc2)Cc2ccccc2)CC1(C)C.CC(C)(C)OC(=O)N1CC(C(CCN)CCc2ccccc2)CC1(C)C. The predicted molar refractivity (Wildman–Crippen MR) is 272 cm³/mol. The minimum atomic E-state index is -0.509. The number of nitrogens with two attached hydrogens (primary N) is 1. The van der Waals surface area contributed by atoms with Crippen molar-refractivity contribution >= 4 is 12.2 Å². The molecule has 4 aromatic rings. The van der Waals surface area contributed by atoms with Crippen molar-refractivity contribution in [3.8, 4) is 0 Å². The first-order chi connectivity index (χ1) is 31.2. The van der Waals surface area contributed by atoms with E-state index in [1.54, 1.807) is 0 Å². The Balaban J connectivity index is 0.000000272. The van der Waals surface area contributed by atoms with Crippen molar-refractivity contribution in [3.63, 3.8) is 0 Å². The summed E-state index contributed by atoms with van der Waals surface area (Å²) in [5.41, 5.74) is 12.7. The van der Waals surface area contributed by atoms with Crippen molar-refractivity contribution in [2.24, 2.45) is 17.6 Å². The van der Waals surface area contributed by atoms with Crippen LogP contribution in [0.2, 0.25) is 0 Å². The van der Waals surface area contributed by atoms with E-state index in [0.717, 1.165) is 77.5 Å². The Kier molecular flexibility index (Phi) is 18.7. The fourth-order valence-corrected chi connectivity index (χ4v) is 9.63. The number of aryl methyl sites for hydroxylation is 2. The first kappa shape index (κ1) is 52.1. The van der Waals surface area contributed by atoms with Gasteiger partial charge >= 0.3 is 12.2 Å². The molecule has 2 atom stereocenters. The topological polar surface area (TPSA) is 88.3 Å². The zero-order valence-electron chi connectivity index (χ0n) is 42.2. The molecule has 2 unspecified atom stereocenters. The molecule has 2 aliphatic rings. The zero-order chi connectivity index (χ0) is 48.0. The number of amides is 2. The van der Waals surface area contributed by atoms with Crippen LogP contribution >= 0.6 is 0 Å². The molecule has 358 valence electrons. The van der Waals surface area contributed by atoms with Gasteiger partial charge in [0.15, 0.2) is 0 Å². The number of ether oxygens (including phenoxy) is 2. The van der Waals surface area contributed by atoms with Crippen LogP contribution in [0.25, 0.3) is 0 Å². The van der Waals surface area contributed by atoms with Gasteiger partial charge in [-0.2, -0.15) is 0 Å². The summed E-state index contributed by atoms with van der Waals surface area (Å²) in [5, 5.41) is 0. The average molecular weight is 899 g/mol. The summed E-state index contributed by atoms with van der Waals surface area (Å²) in [6.07, 6.45) is 7.66. The van der Waals surface area contributed by atoms with E-state index in [9.17, 15) is 9.59 Å². The van der Waals surface area contributed by atoms with Crippen LogP contribution in [0.15, 0.2) is 132 Å². The van der Waals surface area contributed by atoms with Crippen molar-refractivity contribution in [1.29, 1.82) is 0 Å². The number of hydrogen-bond donors (Lipinski definition) is 1. The first-order valence-electron chi connectivity index (χ1n) is 24.5. The van der Waals surface area contributed by atoms with Crippen molar-refractivity contribution in [2.75, 3.05) is 26.2 Å². The van der Waals surface area contributed by atoms with Gasteiger partial charge in [0.2, 0.25) is 0 Å². The highest BCUT2D eigenvalue weighted by Crippen LogP contribution is 2.40. The number of nitrogens with zero attached hydrogens (tertiary/aromatic N) is 3. The molecule has 0 saturated carbocycles. The van der Waals surface area contributed by atoms with E-state index in [-0.39, 0.29) is 23.3 Å². The third kappa shape index (κ3) is 16.7. The Morgan fingerprint density at radius 2 is 1.09 bits per heavy atom. The van der Waals surface area contributed by atoms with Crippen molar-refractivity contribution in [3.05, 3.63) is 155 Å². The molecule has 6 rings (SSSR count). The van der Waals surface area contributed by atoms with E-state index >= 15 is 0 Å². The van der Waals surface area contributed by atoms with Gasteiger partial charge in [0.1, 0.15) is 11.2 Å². The Bertz CT molecular complexity index is 2060. The Hall–Kier alpha value is -4.92. The molecule has 0 aliphatic carbocycles. The molecule has 2 amide bonds. The van der Waals surface area contributed by atoms with Crippen LogP contribution in [-0.4, -0.2) is 75.3 Å². The van der Waals surface area contributed by atoms with E-state index in [1.807, 2.05) is 51.3 Å². The van der Waals surface area contributed by atoms with E-state index in [0.29, 0.717) is 24.9 Å². The second-order valence-electron chi connectivity index (χ2n) is 21.9. The second kappa shape index (κ2) is 23.7. The lowest BCUT2D eigenvalue weighted by Gasteiger charge is -2.33. The van der Waals surface area contributed by atoms with Crippen LogP contribution in [0, 0.1) is 11.8 Å². The van der Waals surface area contributed by atoms with E-state index in [2.05, 4.69) is 154 Å². The van der Waals surface area contributed by atoms with Crippen LogP contribution in [0.5, 0.6) is 0 Å². The van der Waals surface area contributed by atoms with E-state index in [4.69, 9.17) is 15.2 Å². The monoisotopic (exact) mass is 899 g/mol. The number of benzene rings is 4. The molecule has 0 aromatic heterocycles. The molecule has 0 spiro atoms. The highest BCUT2D eigenvalue weighted by Gasteiger charge is 2.45. The van der Waals surface area contributed by atoms with Crippen LogP contribution < -0.4 is 5.73 Å². The summed E-state index contributed by atoms with van der Waals surface area (Å²) >= 11 is 0. The maximum absolute atomic E-state index is 13.2. The van der Waals surface area contributed by atoms with Crippen LogP contribution in [0.4, 0.5) is 9.59 Å². The van der Waals surface area contributed by atoms with Crippen LogP contribution in [-0.2, 0) is 35.4 Å². The molecule has 66 heavy (non-hydrogen) atoms. The summed E-state index contributed by atoms with van der Waals surface area (Å²) in [5.74, 6) is 1.01. The fourth-order valence-electron chi connectivity index (χ4n) is 9.63. The summed E-state index contributed by atoms with van der Waals surface area (Å²) in [6.45, 7) is 25.1. The van der Waals surface area contributed by atoms with Crippen LogP contribution in [0.3, 0.4) is 0 Å². The molecule has 2 fully saturated rings. The highest BCUT2D eigenvalue weighted by molar-refractivity contribution is 5.71. The second-order valence-corrected chi connectivity index (χ2v) is 21.9. The summed E-state index contributed by atoms with van der Waals surface area (Å²) in [4.78, 5) is 32.2. The minimum Gasteiger partial charge on any atom is -0.444 e. The Morgan fingerprint density at radius 3 is 1.56 bits per heavy atom. The number of rotatable bonds is 16. The number of likely N-dealkylation sites (tertiary alicyclic amines) is 2. The maximum Gasteiger partial charge on any atom is 0.411 e. The standard InChI is InChI=1S/C36H46N2O2.C22H36N2O2/c1-35(2,3)40-34(39)38-28-33(25-36(38,4)5)32(22-21-29-15-9-6-10-16-29)23-24-37(26-30-17-11-7-12-18-30)27-31-19-13-8-14-20-31;1-21(2,3)26-20(25)24-16-19(15-22(24,4)5)18(13-14-23)12-11-17-9-7-6-8-10-17/h6-20H,21-28H2,1-5H3;6-10,18-19H,11-16,23H2,1-5H3/b33-32+;. The largest absolute Gasteiger partial charge is 0.444 e. The molecule has 0 radical (unpaired) electrons. The van der Waals surface area contributed by atoms with Gasteiger partial charge < -0.3 is 20.1 Å². The lowest BCUT2D eigenvalue weighted by molar-refractivity contribution is 0.0119. The fraction of sp³-hybridized carbons (Fsp3) is 0.517. The molecule has 2 saturated heterocycles. The molecular formula is C58H82N4O4. The van der Waals surface area contributed by atoms with Crippen molar-refractivity contribution in [1.82, 2.24) is 14.7 Å². The van der Waals surface area contributed by atoms with Crippen LogP contribution in [0.1, 0.15) is 130 Å². The average Bonchev–Trinajstić information content (AvgIpc) is 3.76. The zero-order valence-corrected chi connectivity index (χ0v) is 42.2. The van der Waals surface area contributed by atoms with E-state index < -0.39 is 11.2 Å². The third-order valence-electron chi connectivity index (χ3n) is 13.0. The van der Waals surface area contributed by atoms with Gasteiger partial charge in [-0.15, -0.1) is 0 Å². The van der Waals surface area contributed by atoms with Gasteiger partial charge in [-0.1, -0.05) is 127 Å². The number of carbonyl (C=O) groups is 2. The van der Waals surface area contributed by atoms with Gasteiger partial charge in [-0.25, -0.2) is 9.59 Å². The molecule has 8 nitrogen and oxygen atoms in total. The van der Waals surface area contributed by atoms with E-state index in [1.165, 1.54) is 33.4 Å². The highest BCUT2D eigenvalue weighted by atomic mass is 16.6. The Morgan fingerprint density at radius 1 is 0.636 bits per heavy atom. The lowest BCUT2D eigenvalue weighted by Crippen LogP contribution is -2.45. The van der Waals surface area contributed by atoms with Gasteiger partial charge in [0.05, 0.1) is 0 Å². The molecule has 2 heterocycles. The Labute approximate surface area is 398 Å². The smallest absolute Gasteiger partial charge is 0.411 e. The lowest BCUT2D eigenvalue weighted by atomic mass is 9.81. The molecule has 4 aromatic carbocycles. The van der Waals surface area contributed by atoms with Gasteiger partial charge in [0, 0.05) is 43.8 Å². The minimum absolute atomic E-state index is 0.174. The number of carbonyl (C=O) groups excluding carboxylic acids is 2. The summed E-state index contributed by atoms with van der Waals surface area (Å²) in [6, 6.07) is 42.8. The normalized spacial score (nSPS) is 18.1. The maximum atomic E-state index is 13.2. The summed E-state index contributed by atoms with van der Waals surface area (Å²) in [7, 11) is 0. The molecule has 2 aliphatic heterocycles. The van der Waals surface area contributed by atoms with Crippen molar-refractivity contribution < 1.29 is 19.1 Å². The van der Waals surface area contributed by atoms with Gasteiger partial charge in [-0.05, 0) is 167 Å². The predicted octanol–water partition coefficient (Wildman–Crippen LogP) is 13.0. The third-order valence-corrected chi connectivity index (χ3v) is 13.0. The number of hydrogen-bond acceptors (Lipinski definition) is 6.